The number of hydrogen-bond acceptors (Lipinski definition) is 12. The van der Waals surface area contributed by atoms with E-state index in [0.29, 0.717) is 44.4 Å². The molecule has 18 heteroatoms. The molecule has 0 saturated carbocycles. The number of benzene rings is 4. The van der Waals surface area contributed by atoms with E-state index in [-0.39, 0.29) is 38.4 Å². The average molecular weight is 1070 g/mol. The maximum Gasteiger partial charge on any atom is 0.220 e. The van der Waals surface area contributed by atoms with E-state index in [1.807, 2.05) is 125 Å². The number of ether oxygens (including phenoxy) is 6. The molecule has 0 aliphatic heterocycles. The van der Waals surface area contributed by atoms with Crippen LogP contribution in [0.3, 0.4) is 0 Å². The van der Waals surface area contributed by atoms with Crippen LogP contribution in [0.2, 0.25) is 10.0 Å². The Balaban J connectivity index is 0.000000267. The zero-order chi connectivity index (χ0) is 52.6. The third kappa shape index (κ3) is 16.4. The number of pyridine rings is 2. The monoisotopic (exact) mass is 1060 g/mol. The van der Waals surface area contributed by atoms with Crippen LogP contribution >= 0.6 is 23.2 Å². The van der Waals surface area contributed by atoms with Crippen molar-refractivity contribution in [2.45, 2.75) is 103 Å². The Morgan fingerprint density at radius 3 is 0.861 bits per heavy atom. The molecule has 0 amide bonds. The first-order valence-corrected chi connectivity index (χ1v) is 27.1. The first-order valence-electron chi connectivity index (χ1n) is 23.3. The second-order valence-electron chi connectivity index (χ2n) is 17.4. The summed E-state index contributed by atoms with van der Waals surface area (Å²) < 4.78 is 92.5. The first-order chi connectivity index (χ1) is 34.3. The Bertz CT molecular complexity index is 2500. The molecular weight excluding hydrogens is 1000 g/mol. The molecule has 0 aliphatic rings. The molecule has 0 bridgehead atoms. The van der Waals surface area contributed by atoms with Gasteiger partial charge in [0.25, 0.3) is 0 Å². The molecule has 2 heterocycles. The van der Waals surface area contributed by atoms with Crippen LogP contribution in [0.1, 0.15) is 87.4 Å². The van der Waals surface area contributed by atoms with Crippen LogP contribution in [0, 0.1) is 0 Å². The van der Waals surface area contributed by atoms with Crippen LogP contribution in [-0.4, -0.2) is 86.6 Å². The van der Waals surface area contributed by atoms with Crippen molar-refractivity contribution in [3.05, 3.63) is 177 Å². The molecule has 0 fully saturated rings. The molecular formula is C54H66Cl2N4O10S2. The van der Waals surface area contributed by atoms with Gasteiger partial charge < -0.3 is 28.4 Å². The number of rotatable bonds is 24. The standard InChI is InChI=1S/2C27H33ClN2O5S/c2*1-19(2)35-27(26-15-10-23(28)16-29-26)20(3)36(31,32)30(17-21-6-11-24(33-4)12-7-21)18-22-8-13-25(34-5)14-9-22/h2*6-16,19-20,27H,17-18H2,1-5H3/t2*20-,27+/m10/s1. The minimum Gasteiger partial charge on any atom is -0.497 e. The molecule has 4 aromatic carbocycles. The van der Waals surface area contributed by atoms with Gasteiger partial charge in [-0.1, -0.05) is 71.7 Å². The average Bonchev–Trinajstić information content (AvgIpc) is 3.38. The fraction of sp³-hybridized carbons (Fsp3) is 0.370. The molecule has 2 aromatic heterocycles. The van der Waals surface area contributed by atoms with E-state index in [2.05, 4.69) is 9.97 Å². The fourth-order valence-corrected chi connectivity index (χ4v) is 11.0. The van der Waals surface area contributed by atoms with Gasteiger partial charge in [-0.15, -0.1) is 0 Å². The van der Waals surface area contributed by atoms with Crippen molar-refractivity contribution in [1.29, 1.82) is 0 Å². The lowest BCUT2D eigenvalue weighted by Gasteiger charge is -2.31. The topological polar surface area (TPSA) is 156 Å². The maximum atomic E-state index is 14.1. The molecule has 4 atom stereocenters. The zero-order valence-electron chi connectivity index (χ0n) is 42.4. The molecule has 72 heavy (non-hydrogen) atoms. The number of sulfonamides is 2. The Labute approximate surface area is 436 Å². The second-order valence-corrected chi connectivity index (χ2v) is 22.9. The summed E-state index contributed by atoms with van der Waals surface area (Å²) in [5.74, 6) is 2.82. The van der Waals surface area contributed by atoms with Crippen LogP contribution in [-0.2, 0) is 55.7 Å². The van der Waals surface area contributed by atoms with Gasteiger partial charge in [0.15, 0.2) is 0 Å². The van der Waals surface area contributed by atoms with E-state index < -0.39 is 42.8 Å². The van der Waals surface area contributed by atoms with Gasteiger partial charge in [0.05, 0.1) is 62.1 Å². The van der Waals surface area contributed by atoms with Crippen LogP contribution in [0.15, 0.2) is 134 Å². The summed E-state index contributed by atoms with van der Waals surface area (Å²) in [4.78, 5) is 8.73. The fourth-order valence-electron chi connectivity index (χ4n) is 7.53. The van der Waals surface area contributed by atoms with E-state index in [0.717, 1.165) is 22.3 Å². The SMILES string of the molecule is COc1ccc(CN(Cc2ccc(OC)cc2)S(=O)(=O)[C@@H](C)[C@@H](OC(C)C)c2ccc(Cl)cn2)cc1.COc1ccc(CN(Cc2ccc(OC)cc2)S(=O)(=O)[C@H](C)[C@H](OC(C)C)c2ccc(Cl)cn2)cc1. The summed E-state index contributed by atoms with van der Waals surface area (Å²) in [6.45, 7) is 11.5. The van der Waals surface area contributed by atoms with Gasteiger partial charge in [-0.25, -0.2) is 16.8 Å². The van der Waals surface area contributed by atoms with Gasteiger partial charge in [-0.2, -0.15) is 8.61 Å². The molecule has 14 nitrogen and oxygen atoms in total. The highest BCUT2D eigenvalue weighted by atomic mass is 35.5. The van der Waals surface area contributed by atoms with Gasteiger partial charge in [0.1, 0.15) is 45.7 Å². The van der Waals surface area contributed by atoms with Crippen molar-refractivity contribution in [2.24, 2.45) is 0 Å². The van der Waals surface area contributed by atoms with Gasteiger partial charge in [0, 0.05) is 38.6 Å². The largest absolute Gasteiger partial charge is 0.497 e. The Hall–Kier alpha value is -5.30. The second kappa shape index (κ2) is 27.1. The predicted molar refractivity (Wildman–Crippen MR) is 284 cm³/mol. The van der Waals surface area contributed by atoms with E-state index >= 15 is 0 Å². The van der Waals surface area contributed by atoms with Crippen molar-refractivity contribution in [2.75, 3.05) is 28.4 Å². The third-order valence-electron chi connectivity index (χ3n) is 11.5. The third-order valence-corrected chi connectivity index (χ3v) is 16.3. The predicted octanol–water partition coefficient (Wildman–Crippen LogP) is 11.3. The van der Waals surface area contributed by atoms with Crippen molar-refractivity contribution in [1.82, 2.24) is 18.6 Å². The summed E-state index contributed by atoms with van der Waals surface area (Å²) >= 11 is 12.0. The van der Waals surface area contributed by atoms with Crippen LogP contribution in [0.25, 0.3) is 0 Å². The lowest BCUT2D eigenvalue weighted by atomic mass is 10.1. The molecule has 388 valence electrons. The normalized spacial score (nSPS) is 13.6. The van der Waals surface area contributed by atoms with Crippen molar-refractivity contribution in [3.8, 4) is 23.0 Å². The van der Waals surface area contributed by atoms with Gasteiger partial charge in [0.2, 0.25) is 20.0 Å². The molecule has 0 N–H and O–H groups in total. The van der Waals surface area contributed by atoms with Crippen molar-refractivity contribution in [3.63, 3.8) is 0 Å². The summed E-state index contributed by atoms with van der Waals surface area (Å²) in [6.07, 6.45) is 1.03. The summed E-state index contributed by atoms with van der Waals surface area (Å²) in [5.41, 5.74) is 4.38. The lowest BCUT2D eigenvalue weighted by Crippen LogP contribution is -2.41. The highest BCUT2D eigenvalue weighted by Crippen LogP contribution is 2.33. The van der Waals surface area contributed by atoms with Crippen LogP contribution in [0.5, 0.6) is 23.0 Å². The quantitative estimate of drug-likeness (QED) is 0.0566. The van der Waals surface area contributed by atoms with Crippen LogP contribution in [0.4, 0.5) is 0 Å². The molecule has 0 saturated heterocycles. The Morgan fingerprint density at radius 1 is 0.417 bits per heavy atom. The number of halogens is 2. The molecule has 0 unspecified atom stereocenters. The van der Waals surface area contributed by atoms with E-state index in [4.69, 9.17) is 51.6 Å². The number of nitrogens with zero attached hydrogens (tertiary/aromatic N) is 4. The van der Waals surface area contributed by atoms with E-state index in [1.165, 1.54) is 21.0 Å². The number of methoxy groups -OCH3 is 4. The molecule has 0 radical (unpaired) electrons. The Kier molecular flexibility index (Phi) is 21.7. The highest BCUT2D eigenvalue weighted by Gasteiger charge is 2.39. The zero-order valence-corrected chi connectivity index (χ0v) is 45.6. The molecule has 6 rings (SSSR count). The minimum atomic E-state index is -3.86. The Morgan fingerprint density at radius 2 is 0.667 bits per heavy atom. The van der Waals surface area contributed by atoms with Gasteiger partial charge in [-0.3, -0.25) is 9.97 Å². The smallest absolute Gasteiger partial charge is 0.220 e. The van der Waals surface area contributed by atoms with E-state index in [9.17, 15) is 16.8 Å². The van der Waals surface area contributed by atoms with Crippen LogP contribution < -0.4 is 18.9 Å². The molecule has 0 aliphatic carbocycles. The highest BCUT2D eigenvalue weighted by molar-refractivity contribution is 7.90. The van der Waals surface area contributed by atoms with Crippen molar-refractivity contribution >= 4 is 43.2 Å². The summed E-state index contributed by atoms with van der Waals surface area (Å²) in [5, 5.41) is -0.883. The minimum absolute atomic E-state index is 0.186. The summed E-state index contributed by atoms with van der Waals surface area (Å²) in [6, 6.07) is 36.2. The van der Waals surface area contributed by atoms with Crippen molar-refractivity contribution < 1.29 is 45.3 Å². The first kappa shape index (κ1) is 57.6. The number of aromatic nitrogens is 2. The van der Waals surface area contributed by atoms with E-state index in [1.54, 1.807) is 66.6 Å². The lowest BCUT2D eigenvalue weighted by molar-refractivity contribution is 0.00297. The maximum absolute atomic E-state index is 14.1. The molecule has 6 aromatic rings. The van der Waals surface area contributed by atoms with Gasteiger partial charge in [-0.05, 0) is 137 Å². The summed E-state index contributed by atoms with van der Waals surface area (Å²) in [7, 11) is -1.34. The van der Waals surface area contributed by atoms with Gasteiger partial charge >= 0.3 is 0 Å². The molecule has 0 spiro atoms. The number of hydrogen-bond donors (Lipinski definition) is 0.